The molecule has 0 spiro atoms. The van der Waals surface area contributed by atoms with Gasteiger partial charge >= 0.3 is 0 Å². The molecular formula is C9H11N3O. The average molecular weight is 177 g/mol. The third-order valence-corrected chi connectivity index (χ3v) is 1.87. The molecule has 0 radical (unpaired) electrons. The highest BCUT2D eigenvalue weighted by atomic mass is 16.3. The van der Waals surface area contributed by atoms with Gasteiger partial charge in [0.1, 0.15) is 0 Å². The lowest BCUT2D eigenvalue weighted by molar-refractivity contribution is 0.186. The van der Waals surface area contributed by atoms with Gasteiger partial charge in [-0.1, -0.05) is 29.4 Å². The van der Waals surface area contributed by atoms with Crippen LogP contribution in [0.25, 0.3) is 10.4 Å². The number of azide groups is 1. The lowest BCUT2D eigenvalue weighted by Gasteiger charge is -2.10. The molecule has 0 aromatic heterocycles. The fraction of sp³-hybridized carbons (Fsp3) is 0.333. The van der Waals surface area contributed by atoms with Crippen LogP contribution in [-0.2, 0) is 0 Å². The SMILES string of the molecule is Cc1ccccc1[C@@H](O)CN=[N+]=[N-]. The first-order valence-corrected chi connectivity index (χ1v) is 4.00. The Labute approximate surface area is 76.5 Å². The van der Waals surface area contributed by atoms with Crippen molar-refractivity contribution in [3.8, 4) is 0 Å². The summed E-state index contributed by atoms with van der Waals surface area (Å²) >= 11 is 0. The van der Waals surface area contributed by atoms with Crippen LogP contribution in [0.1, 0.15) is 17.2 Å². The van der Waals surface area contributed by atoms with E-state index in [0.29, 0.717) is 0 Å². The van der Waals surface area contributed by atoms with Crippen molar-refractivity contribution in [3.05, 3.63) is 45.8 Å². The molecule has 0 aliphatic heterocycles. The summed E-state index contributed by atoms with van der Waals surface area (Å²) in [5.41, 5.74) is 9.90. The zero-order chi connectivity index (χ0) is 9.68. The number of aliphatic hydroxyl groups excluding tert-OH is 1. The van der Waals surface area contributed by atoms with Crippen LogP contribution in [0, 0.1) is 6.92 Å². The number of aliphatic hydroxyl groups is 1. The number of hydrogen-bond donors (Lipinski definition) is 1. The lowest BCUT2D eigenvalue weighted by Crippen LogP contribution is -2.02. The van der Waals surface area contributed by atoms with Crippen molar-refractivity contribution in [1.82, 2.24) is 0 Å². The zero-order valence-corrected chi connectivity index (χ0v) is 7.38. The smallest absolute Gasteiger partial charge is 0.0848 e. The van der Waals surface area contributed by atoms with Gasteiger partial charge in [0.2, 0.25) is 0 Å². The van der Waals surface area contributed by atoms with Gasteiger partial charge in [-0.2, -0.15) is 0 Å². The van der Waals surface area contributed by atoms with E-state index in [1.807, 2.05) is 31.2 Å². The molecule has 68 valence electrons. The molecule has 0 saturated heterocycles. The topological polar surface area (TPSA) is 69.0 Å². The van der Waals surface area contributed by atoms with Gasteiger partial charge in [0.05, 0.1) is 12.6 Å². The van der Waals surface area contributed by atoms with Crippen LogP contribution >= 0.6 is 0 Å². The van der Waals surface area contributed by atoms with Crippen LogP contribution in [0.3, 0.4) is 0 Å². The third-order valence-electron chi connectivity index (χ3n) is 1.87. The van der Waals surface area contributed by atoms with Crippen molar-refractivity contribution in [1.29, 1.82) is 0 Å². The molecule has 4 heteroatoms. The highest BCUT2D eigenvalue weighted by Crippen LogP contribution is 2.16. The first-order valence-electron chi connectivity index (χ1n) is 4.00. The van der Waals surface area contributed by atoms with Gasteiger partial charge in [0.15, 0.2) is 0 Å². The second-order valence-electron chi connectivity index (χ2n) is 2.79. The van der Waals surface area contributed by atoms with Crippen molar-refractivity contribution in [2.75, 3.05) is 6.54 Å². The highest BCUT2D eigenvalue weighted by Gasteiger charge is 2.07. The predicted molar refractivity (Wildman–Crippen MR) is 50.2 cm³/mol. The van der Waals surface area contributed by atoms with Gasteiger partial charge in [0, 0.05) is 4.91 Å². The summed E-state index contributed by atoms with van der Waals surface area (Å²) < 4.78 is 0. The second-order valence-corrected chi connectivity index (χ2v) is 2.79. The fourth-order valence-corrected chi connectivity index (χ4v) is 1.17. The van der Waals surface area contributed by atoms with E-state index in [0.717, 1.165) is 11.1 Å². The van der Waals surface area contributed by atoms with E-state index in [9.17, 15) is 5.11 Å². The van der Waals surface area contributed by atoms with Crippen molar-refractivity contribution in [2.45, 2.75) is 13.0 Å². The van der Waals surface area contributed by atoms with Crippen molar-refractivity contribution >= 4 is 0 Å². The summed E-state index contributed by atoms with van der Waals surface area (Å²) in [6, 6.07) is 7.49. The predicted octanol–water partition coefficient (Wildman–Crippen LogP) is 2.34. The van der Waals surface area contributed by atoms with Crippen LogP contribution in [0.4, 0.5) is 0 Å². The first kappa shape index (κ1) is 9.58. The van der Waals surface area contributed by atoms with E-state index in [1.54, 1.807) is 0 Å². The molecule has 0 heterocycles. The van der Waals surface area contributed by atoms with Gasteiger partial charge in [0.25, 0.3) is 0 Å². The quantitative estimate of drug-likeness (QED) is 0.429. The van der Waals surface area contributed by atoms with Crippen molar-refractivity contribution < 1.29 is 5.11 Å². The molecule has 0 aliphatic rings. The van der Waals surface area contributed by atoms with Crippen LogP contribution in [-0.4, -0.2) is 11.7 Å². The minimum absolute atomic E-state index is 0.0847. The Hall–Kier alpha value is -1.51. The van der Waals surface area contributed by atoms with E-state index >= 15 is 0 Å². The number of hydrogen-bond acceptors (Lipinski definition) is 2. The summed E-state index contributed by atoms with van der Waals surface area (Å²) in [4.78, 5) is 2.60. The van der Waals surface area contributed by atoms with Gasteiger partial charge in [-0.3, -0.25) is 0 Å². The van der Waals surface area contributed by atoms with Gasteiger partial charge in [-0.15, -0.1) is 0 Å². The molecule has 1 atom stereocenters. The van der Waals surface area contributed by atoms with E-state index in [2.05, 4.69) is 10.0 Å². The monoisotopic (exact) mass is 177 g/mol. The maximum Gasteiger partial charge on any atom is 0.0848 e. The van der Waals surface area contributed by atoms with Gasteiger partial charge < -0.3 is 5.11 Å². The molecule has 0 fully saturated rings. The van der Waals surface area contributed by atoms with Crippen LogP contribution < -0.4 is 0 Å². The first-order chi connectivity index (χ1) is 6.25. The molecule has 1 rings (SSSR count). The number of nitrogens with zero attached hydrogens (tertiary/aromatic N) is 3. The Morgan fingerprint density at radius 1 is 1.54 bits per heavy atom. The molecule has 0 aliphatic carbocycles. The summed E-state index contributed by atoms with van der Waals surface area (Å²) in [5, 5.41) is 12.9. The zero-order valence-electron chi connectivity index (χ0n) is 7.38. The van der Waals surface area contributed by atoms with Crippen LogP contribution in [0.2, 0.25) is 0 Å². The number of rotatable bonds is 3. The highest BCUT2D eigenvalue weighted by molar-refractivity contribution is 5.27. The summed E-state index contributed by atoms with van der Waals surface area (Å²) in [5.74, 6) is 0. The molecule has 1 aromatic rings. The molecule has 0 amide bonds. The molecule has 4 nitrogen and oxygen atoms in total. The Morgan fingerprint density at radius 2 is 2.23 bits per heavy atom. The molecule has 0 bridgehead atoms. The summed E-state index contributed by atoms with van der Waals surface area (Å²) in [7, 11) is 0. The molecule has 1 aromatic carbocycles. The van der Waals surface area contributed by atoms with Crippen molar-refractivity contribution in [2.24, 2.45) is 5.11 Å². The maximum absolute atomic E-state index is 9.57. The average Bonchev–Trinajstić information content (AvgIpc) is 2.15. The fourth-order valence-electron chi connectivity index (χ4n) is 1.17. The Balaban J connectivity index is 2.81. The van der Waals surface area contributed by atoms with E-state index in [-0.39, 0.29) is 6.54 Å². The normalized spacial score (nSPS) is 11.8. The molecule has 13 heavy (non-hydrogen) atoms. The maximum atomic E-state index is 9.57. The molecule has 0 saturated carbocycles. The van der Waals surface area contributed by atoms with Gasteiger partial charge in [-0.25, -0.2) is 0 Å². The standard InChI is InChI=1S/C9H11N3O/c1-7-4-2-3-5-8(7)9(13)6-11-12-10/h2-5,9,13H,6H2,1H3/t9-/m0/s1. The molecule has 0 unspecified atom stereocenters. The Morgan fingerprint density at radius 3 is 2.85 bits per heavy atom. The summed E-state index contributed by atoms with van der Waals surface area (Å²) in [6.07, 6.45) is -0.697. The number of aryl methyl sites for hydroxylation is 1. The van der Waals surface area contributed by atoms with Gasteiger partial charge in [-0.05, 0) is 23.6 Å². The minimum Gasteiger partial charge on any atom is -0.388 e. The Bertz CT molecular complexity index is 331. The number of benzene rings is 1. The largest absolute Gasteiger partial charge is 0.388 e. The summed E-state index contributed by atoms with van der Waals surface area (Å²) in [6.45, 7) is 2.00. The van der Waals surface area contributed by atoms with Crippen LogP contribution in [0.5, 0.6) is 0 Å². The van der Waals surface area contributed by atoms with E-state index in [4.69, 9.17) is 5.53 Å². The van der Waals surface area contributed by atoms with E-state index < -0.39 is 6.10 Å². The third kappa shape index (κ3) is 2.47. The second kappa shape index (κ2) is 4.50. The van der Waals surface area contributed by atoms with Crippen molar-refractivity contribution in [3.63, 3.8) is 0 Å². The van der Waals surface area contributed by atoms with Crippen LogP contribution in [0.15, 0.2) is 29.4 Å². The molecule has 1 N–H and O–H groups in total. The molecular weight excluding hydrogens is 166 g/mol. The lowest BCUT2D eigenvalue weighted by atomic mass is 10.0. The minimum atomic E-state index is -0.697. The Kier molecular flexibility index (Phi) is 3.31. The van der Waals surface area contributed by atoms with E-state index in [1.165, 1.54) is 0 Å².